The average Bonchev–Trinajstić information content (AvgIpc) is 1.44. The van der Waals surface area contributed by atoms with Gasteiger partial charge >= 0.3 is 43.9 Å². The Bertz CT molecular complexity index is 4910. The number of carbonyl (C=O) groups is 3. The molecule has 3 heterocycles. The zero-order valence-electron chi connectivity index (χ0n) is 56.2. The third-order valence-corrected chi connectivity index (χ3v) is 16.3. The molecule has 0 fully saturated rings. The molecule has 10 N–H and O–H groups in total. The van der Waals surface area contributed by atoms with Crippen LogP contribution in [0.2, 0.25) is 0 Å². The first-order valence-electron chi connectivity index (χ1n) is 31.4. The predicted molar refractivity (Wildman–Crippen MR) is 380 cm³/mol. The quantitative estimate of drug-likeness (QED) is 0.0197. The number of halogens is 8. The molecular formula is C76H69BBrClF6LiN3O15. The molecule has 0 saturated carbocycles. The van der Waals surface area contributed by atoms with Crippen molar-refractivity contribution in [3.8, 4) is 39.5 Å². The van der Waals surface area contributed by atoms with Crippen molar-refractivity contribution >= 4 is 91.7 Å². The number of para-hydroxylation sites is 3. The van der Waals surface area contributed by atoms with Crippen LogP contribution in [0.3, 0.4) is 0 Å². The minimum atomic E-state index is -1.78. The van der Waals surface area contributed by atoms with E-state index in [1.54, 1.807) is 141 Å². The molecule has 12 rings (SSSR count). The third-order valence-electron chi connectivity index (χ3n) is 15.6. The number of furan rings is 3. The van der Waals surface area contributed by atoms with Gasteiger partial charge in [-0.15, -0.1) is 12.4 Å². The van der Waals surface area contributed by atoms with E-state index in [1.165, 1.54) is 49.1 Å². The number of hydrogen-bond acceptors (Lipinski definition) is 17. The van der Waals surface area contributed by atoms with E-state index in [2.05, 4.69) is 15.9 Å². The normalized spacial score (nSPS) is 10.6. The first kappa shape index (κ1) is 83.1. The SMILES string of the molecule is CCOC(=O)Cc1ccccc1OCc1cc2ccoc2c(-c2cccc(CN)c2F)c1F.CCOC(=O)Cc1ccccc1OCc1cc2ccoc2c(Br)c1F.Cl.NCc1cccc(-c2c(F)c(COc3ccccc3CC(=O)O)cc3ccoc23)c1F.NCc1cccc(B(O)O)c1F.[Li+].[OH-]. The zero-order chi connectivity index (χ0) is 72.3. The maximum absolute atomic E-state index is 15.7. The molecule has 0 saturated heterocycles. The van der Waals surface area contributed by atoms with Gasteiger partial charge in [-0.1, -0.05) is 109 Å². The smallest absolute Gasteiger partial charge is 0.870 e. The Labute approximate surface area is 619 Å². The van der Waals surface area contributed by atoms with E-state index >= 15 is 13.2 Å². The van der Waals surface area contributed by atoms with E-state index in [0.29, 0.717) is 62.5 Å². The Balaban J connectivity index is 0.000000225. The fraction of sp³-hybridized carbons (Fsp3) is 0.171. The Hall–Kier alpha value is -9.82. The molecule has 12 aromatic rings. The van der Waals surface area contributed by atoms with Crippen molar-refractivity contribution in [1.82, 2.24) is 0 Å². The van der Waals surface area contributed by atoms with E-state index < -0.39 is 48.0 Å². The molecule has 0 aliphatic heterocycles. The van der Waals surface area contributed by atoms with Gasteiger partial charge in [0.1, 0.15) is 83.1 Å². The van der Waals surface area contributed by atoms with Gasteiger partial charge in [-0.3, -0.25) is 14.4 Å². The van der Waals surface area contributed by atoms with Crippen LogP contribution in [-0.2, 0) is 82.6 Å². The van der Waals surface area contributed by atoms with Crippen molar-refractivity contribution in [3.05, 3.63) is 272 Å². The standard InChI is InChI=1S/C26H23F2NO4.C24H19F2NO4.C19H16BrFO4.C7H9BFNO2.ClH.Li.H2O/c1-2-31-22(30)13-16-6-3-4-9-21(16)33-15-19-12-17-10-11-32-26(17)23(25(19)28)20-8-5-7-18(14-29)24(20)27;25-22-16(12-27)5-3-6-18(22)21-23(26)17(10-15-8-9-30-24(15)21)13-31-19-7-2-1-4-14(19)11-20(28)29;1-2-23-16(22)10-12-5-3-4-6-15(12)25-11-14-9-13-7-8-24-19(13)17(20)18(14)21;9-7-5(4-10)2-1-3-6(7)8(11)12;;;/h3-12H,2,13-15,29H2,1H3;1-10H,11-13,27H2,(H,28,29);3-9H,2,10-11H2,1H3;1-3,11-12H,4,10H2;1H;;1H2/q;;;;;+1;/p-1. The van der Waals surface area contributed by atoms with Crippen LogP contribution in [0.5, 0.6) is 17.2 Å². The molecule has 0 aliphatic carbocycles. The number of ether oxygens (including phenoxy) is 5. The Morgan fingerprint density at radius 2 is 0.779 bits per heavy atom. The molecule has 0 atom stereocenters. The fourth-order valence-electron chi connectivity index (χ4n) is 10.7. The summed E-state index contributed by atoms with van der Waals surface area (Å²) in [5.74, 6) is -3.98. The van der Waals surface area contributed by atoms with E-state index in [1.807, 2.05) is 6.07 Å². The summed E-state index contributed by atoms with van der Waals surface area (Å²) in [4.78, 5) is 34.7. The second-order valence-electron chi connectivity index (χ2n) is 22.2. The van der Waals surface area contributed by atoms with Crippen molar-refractivity contribution in [3.63, 3.8) is 0 Å². The van der Waals surface area contributed by atoms with Crippen molar-refractivity contribution in [1.29, 1.82) is 0 Å². The van der Waals surface area contributed by atoms with Gasteiger partial charge in [-0.25, -0.2) is 26.3 Å². The van der Waals surface area contributed by atoms with Crippen molar-refractivity contribution in [2.45, 2.75) is 72.6 Å². The van der Waals surface area contributed by atoms with Crippen LogP contribution in [-0.4, -0.2) is 58.9 Å². The summed E-state index contributed by atoms with van der Waals surface area (Å²) < 4.78 is 133. The van der Waals surface area contributed by atoms with Crippen LogP contribution in [0.4, 0.5) is 26.3 Å². The van der Waals surface area contributed by atoms with Gasteiger partial charge in [-0.05, 0) is 84.4 Å². The van der Waals surface area contributed by atoms with Gasteiger partial charge < -0.3 is 74.8 Å². The molecule has 3 aromatic heterocycles. The number of aliphatic carboxylic acids is 1. The molecule has 0 amide bonds. The summed E-state index contributed by atoms with van der Waals surface area (Å²) >= 11 is 3.22. The molecule has 0 aliphatic rings. The maximum atomic E-state index is 15.7. The predicted octanol–water partition coefficient (Wildman–Crippen LogP) is 11.8. The average molecular weight is 1510 g/mol. The topological polar surface area (TPSA) is 306 Å². The minimum absolute atomic E-state index is 0. The van der Waals surface area contributed by atoms with Gasteiger partial charge in [0.25, 0.3) is 0 Å². The van der Waals surface area contributed by atoms with Crippen molar-refractivity contribution in [2.24, 2.45) is 17.2 Å². The molecule has 0 spiro atoms. The largest absolute Gasteiger partial charge is 1.00 e. The Morgan fingerprint density at radius 3 is 1.15 bits per heavy atom. The number of carboxylic acids is 1. The Kier molecular flexibility index (Phi) is 31.8. The van der Waals surface area contributed by atoms with E-state index in [0.717, 1.165) is 5.39 Å². The van der Waals surface area contributed by atoms with Gasteiger partial charge in [-0.2, -0.15) is 0 Å². The minimum Gasteiger partial charge on any atom is -0.870 e. The molecule has 0 radical (unpaired) electrons. The molecule has 0 bridgehead atoms. The van der Waals surface area contributed by atoms with Crippen molar-refractivity contribution < 1.29 is 117 Å². The summed E-state index contributed by atoms with van der Waals surface area (Å²) in [7, 11) is -1.78. The number of carbonyl (C=O) groups excluding carboxylic acids is 2. The number of fused-ring (bicyclic) bond motifs is 3. The van der Waals surface area contributed by atoms with Crippen LogP contribution in [0, 0.1) is 34.9 Å². The summed E-state index contributed by atoms with van der Waals surface area (Å²) in [5, 5.41) is 28.5. The van der Waals surface area contributed by atoms with Gasteiger partial charge in [0.2, 0.25) is 0 Å². The fourth-order valence-corrected chi connectivity index (χ4v) is 11.3. The second kappa shape index (κ2) is 39.7. The zero-order valence-corrected chi connectivity index (χ0v) is 58.6. The first-order valence-corrected chi connectivity index (χ1v) is 32.2. The number of rotatable bonds is 23. The van der Waals surface area contributed by atoms with Crippen molar-refractivity contribution in [2.75, 3.05) is 13.2 Å². The molecular weight excluding hydrogens is 1440 g/mol. The molecule has 0 unspecified atom stereocenters. The Morgan fingerprint density at radius 1 is 0.442 bits per heavy atom. The van der Waals surface area contributed by atoms with E-state index in [9.17, 15) is 27.6 Å². The number of nitrogens with two attached hydrogens (primary N) is 3. The third kappa shape index (κ3) is 20.3. The monoisotopic (exact) mass is 1510 g/mol. The van der Waals surface area contributed by atoms with E-state index in [4.69, 9.17) is 69.3 Å². The summed E-state index contributed by atoms with van der Waals surface area (Å²) in [6, 6.07) is 44.4. The molecule has 18 nitrogen and oxygen atoms in total. The molecule has 28 heteroatoms. The maximum Gasteiger partial charge on any atom is 1.00 e. The van der Waals surface area contributed by atoms with Crippen LogP contribution >= 0.6 is 28.3 Å². The summed E-state index contributed by atoms with van der Waals surface area (Å²) in [6.45, 7) is 3.85. The number of esters is 2. The number of carboxylic acid groups (broad SMARTS) is 1. The molecule has 104 heavy (non-hydrogen) atoms. The van der Waals surface area contributed by atoms with Crippen LogP contribution < -0.4 is 55.7 Å². The molecule has 9 aromatic carbocycles. The second-order valence-corrected chi connectivity index (χ2v) is 23.0. The number of hydrogen-bond donors (Lipinski definition) is 6. The van der Waals surface area contributed by atoms with Crippen LogP contribution in [0.1, 0.15) is 63.9 Å². The number of benzene rings is 9. The van der Waals surface area contributed by atoms with E-state index in [-0.39, 0.29) is 185 Å². The summed E-state index contributed by atoms with van der Waals surface area (Å²) in [5.41, 5.74) is 20.8. The first-order chi connectivity index (χ1) is 48.8. The van der Waals surface area contributed by atoms with Gasteiger partial charge in [0, 0.05) is 102 Å². The van der Waals surface area contributed by atoms with Crippen LogP contribution in [0.25, 0.3) is 55.2 Å². The van der Waals surface area contributed by atoms with Gasteiger partial charge in [0.05, 0.1) is 66.9 Å². The molecule has 538 valence electrons. The summed E-state index contributed by atoms with van der Waals surface area (Å²) in [6.07, 6.45) is 4.27. The van der Waals surface area contributed by atoms with Crippen LogP contribution in [0.15, 0.2) is 200 Å². The van der Waals surface area contributed by atoms with Gasteiger partial charge in [0.15, 0.2) is 5.58 Å².